The number of rotatable bonds is 4. The average molecular weight is 294 g/mol. The summed E-state index contributed by atoms with van der Waals surface area (Å²) in [6.07, 6.45) is 0. The SMILES string of the molecule is Cc1ccc(Nc2cc([N+](=O)[O-])cc(NN)n2)cc1Cl. The van der Waals surface area contributed by atoms with Gasteiger partial charge in [0.05, 0.1) is 17.1 Å². The molecule has 2 aromatic rings. The van der Waals surface area contributed by atoms with Gasteiger partial charge < -0.3 is 10.7 Å². The zero-order valence-electron chi connectivity index (χ0n) is 10.6. The molecule has 0 aliphatic heterocycles. The van der Waals surface area contributed by atoms with Gasteiger partial charge in [0.1, 0.15) is 11.6 Å². The number of nitro groups is 1. The van der Waals surface area contributed by atoms with Crippen LogP contribution in [0.25, 0.3) is 0 Å². The van der Waals surface area contributed by atoms with Crippen molar-refractivity contribution in [1.82, 2.24) is 4.98 Å². The summed E-state index contributed by atoms with van der Waals surface area (Å²) < 4.78 is 0. The molecule has 0 radical (unpaired) electrons. The van der Waals surface area contributed by atoms with Crippen LogP contribution in [0.1, 0.15) is 5.56 Å². The van der Waals surface area contributed by atoms with E-state index in [1.54, 1.807) is 12.1 Å². The Morgan fingerprint density at radius 2 is 2.00 bits per heavy atom. The number of hydrogen-bond acceptors (Lipinski definition) is 6. The summed E-state index contributed by atoms with van der Waals surface area (Å²) in [5, 5.41) is 14.4. The molecule has 4 N–H and O–H groups in total. The lowest BCUT2D eigenvalue weighted by Crippen LogP contribution is -2.10. The summed E-state index contributed by atoms with van der Waals surface area (Å²) in [5.41, 5.74) is 3.79. The van der Waals surface area contributed by atoms with Gasteiger partial charge in [-0.3, -0.25) is 10.1 Å². The first kappa shape index (κ1) is 14.0. The third-order valence-corrected chi connectivity index (χ3v) is 3.02. The number of hydrazine groups is 1. The molecule has 0 bridgehead atoms. The van der Waals surface area contributed by atoms with Crippen LogP contribution in [-0.4, -0.2) is 9.91 Å². The lowest BCUT2D eigenvalue weighted by Gasteiger charge is -2.08. The fourth-order valence-corrected chi connectivity index (χ4v) is 1.76. The van der Waals surface area contributed by atoms with Crippen molar-refractivity contribution >= 4 is 34.6 Å². The average Bonchev–Trinajstić information content (AvgIpc) is 2.42. The Balaban J connectivity index is 2.34. The molecule has 0 atom stereocenters. The zero-order valence-corrected chi connectivity index (χ0v) is 11.3. The van der Waals surface area contributed by atoms with E-state index in [9.17, 15) is 10.1 Å². The van der Waals surface area contributed by atoms with Crippen LogP contribution < -0.4 is 16.6 Å². The first-order valence-electron chi connectivity index (χ1n) is 5.66. The van der Waals surface area contributed by atoms with Gasteiger partial charge in [-0.2, -0.15) is 0 Å². The Morgan fingerprint density at radius 3 is 2.60 bits per heavy atom. The van der Waals surface area contributed by atoms with Crippen LogP contribution in [0.15, 0.2) is 30.3 Å². The predicted molar refractivity (Wildman–Crippen MR) is 78.2 cm³/mol. The quantitative estimate of drug-likeness (QED) is 0.454. The molecule has 1 heterocycles. The van der Waals surface area contributed by atoms with Crippen molar-refractivity contribution in [2.24, 2.45) is 5.84 Å². The lowest BCUT2D eigenvalue weighted by molar-refractivity contribution is -0.384. The Labute approximate surface area is 119 Å². The zero-order chi connectivity index (χ0) is 14.7. The molecule has 0 spiro atoms. The van der Waals surface area contributed by atoms with Crippen LogP contribution in [0.2, 0.25) is 5.02 Å². The van der Waals surface area contributed by atoms with E-state index >= 15 is 0 Å². The molecule has 0 aliphatic rings. The maximum atomic E-state index is 10.8. The molecular formula is C12H12ClN5O2. The first-order valence-corrected chi connectivity index (χ1v) is 6.03. The summed E-state index contributed by atoms with van der Waals surface area (Å²) in [5.74, 6) is 5.73. The summed E-state index contributed by atoms with van der Waals surface area (Å²) in [7, 11) is 0. The van der Waals surface area contributed by atoms with Crippen molar-refractivity contribution in [3.8, 4) is 0 Å². The summed E-state index contributed by atoms with van der Waals surface area (Å²) in [6, 6.07) is 7.91. The third-order valence-electron chi connectivity index (χ3n) is 2.61. The van der Waals surface area contributed by atoms with Gasteiger partial charge in [-0.25, -0.2) is 10.8 Å². The van der Waals surface area contributed by atoms with E-state index in [1.807, 2.05) is 13.0 Å². The van der Waals surface area contributed by atoms with Crippen molar-refractivity contribution in [1.29, 1.82) is 0 Å². The van der Waals surface area contributed by atoms with Crippen LogP contribution in [0.5, 0.6) is 0 Å². The standard InChI is InChI=1S/C12H12ClN5O2/c1-7-2-3-8(4-10(7)13)15-11-5-9(18(19)20)6-12(16-11)17-14/h2-6H,14H2,1H3,(H2,15,16,17). The van der Waals surface area contributed by atoms with E-state index in [4.69, 9.17) is 17.4 Å². The Kier molecular flexibility index (Phi) is 4.02. The lowest BCUT2D eigenvalue weighted by atomic mass is 10.2. The van der Waals surface area contributed by atoms with Crippen LogP contribution in [-0.2, 0) is 0 Å². The molecule has 1 aromatic heterocycles. The number of aryl methyl sites for hydroxylation is 1. The number of aromatic nitrogens is 1. The fraction of sp³-hybridized carbons (Fsp3) is 0.0833. The van der Waals surface area contributed by atoms with E-state index in [-0.39, 0.29) is 11.5 Å². The highest BCUT2D eigenvalue weighted by Crippen LogP contribution is 2.25. The van der Waals surface area contributed by atoms with E-state index in [0.717, 1.165) is 5.56 Å². The van der Waals surface area contributed by atoms with Crippen LogP contribution in [0, 0.1) is 17.0 Å². The predicted octanol–water partition coefficient (Wildman–Crippen LogP) is 2.98. The van der Waals surface area contributed by atoms with Gasteiger partial charge in [-0.05, 0) is 24.6 Å². The van der Waals surface area contributed by atoms with Gasteiger partial charge in [0.15, 0.2) is 0 Å². The molecule has 8 heteroatoms. The largest absolute Gasteiger partial charge is 0.340 e. The molecule has 1 aromatic carbocycles. The normalized spacial score (nSPS) is 10.2. The number of nitrogens with one attached hydrogen (secondary N) is 2. The molecule has 2 rings (SSSR count). The van der Waals surface area contributed by atoms with Crippen molar-refractivity contribution in [2.45, 2.75) is 6.92 Å². The molecule has 0 fully saturated rings. The second-order valence-corrected chi connectivity index (χ2v) is 4.49. The monoisotopic (exact) mass is 293 g/mol. The number of benzene rings is 1. The molecule has 104 valence electrons. The van der Waals surface area contributed by atoms with E-state index in [1.165, 1.54) is 12.1 Å². The van der Waals surface area contributed by atoms with Crippen LogP contribution in [0.4, 0.5) is 23.0 Å². The molecule has 0 unspecified atom stereocenters. The van der Waals surface area contributed by atoms with Crippen molar-refractivity contribution in [3.05, 3.63) is 51.0 Å². The van der Waals surface area contributed by atoms with Gasteiger partial charge >= 0.3 is 0 Å². The molecular weight excluding hydrogens is 282 g/mol. The molecule has 0 aliphatic carbocycles. The van der Waals surface area contributed by atoms with Gasteiger partial charge in [-0.15, -0.1) is 0 Å². The summed E-state index contributed by atoms with van der Waals surface area (Å²) >= 11 is 6.02. The molecule has 7 nitrogen and oxygen atoms in total. The van der Waals surface area contributed by atoms with Gasteiger partial charge in [0, 0.05) is 10.7 Å². The van der Waals surface area contributed by atoms with Crippen LogP contribution >= 0.6 is 11.6 Å². The number of halogens is 1. The minimum atomic E-state index is -0.518. The van der Waals surface area contributed by atoms with Gasteiger partial charge in [-0.1, -0.05) is 17.7 Å². The minimum absolute atomic E-state index is 0.117. The molecule has 0 saturated carbocycles. The smallest absolute Gasteiger partial charge is 0.276 e. The maximum Gasteiger partial charge on any atom is 0.276 e. The topological polar surface area (TPSA) is 106 Å². The number of nitrogens with two attached hydrogens (primary N) is 1. The van der Waals surface area contributed by atoms with Gasteiger partial charge in [0.25, 0.3) is 5.69 Å². The van der Waals surface area contributed by atoms with Crippen molar-refractivity contribution in [2.75, 3.05) is 10.7 Å². The number of anilines is 3. The summed E-state index contributed by atoms with van der Waals surface area (Å²) in [6.45, 7) is 1.88. The molecule has 0 saturated heterocycles. The van der Waals surface area contributed by atoms with Crippen molar-refractivity contribution < 1.29 is 4.92 Å². The van der Waals surface area contributed by atoms with Crippen LogP contribution in [0.3, 0.4) is 0 Å². The highest BCUT2D eigenvalue weighted by atomic mass is 35.5. The maximum absolute atomic E-state index is 10.8. The van der Waals surface area contributed by atoms with E-state index in [2.05, 4.69) is 15.7 Å². The number of pyridine rings is 1. The second kappa shape index (κ2) is 5.72. The highest BCUT2D eigenvalue weighted by Gasteiger charge is 2.11. The Morgan fingerprint density at radius 1 is 1.30 bits per heavy atom. The number of hydrogen-bond donors (Lipinski definition) is 3. The van der Waals surface area contributed by atoms with Gasteiger partial charge in [0.2, 0.25) is 0 Å². The van der Waals surface area contributed by atoms with Crippen molar-refractivity contribution in [3.63, 3.8) is 0 Å². The Hall–Kier alpha value is -2.38. The highest BCUT2D eigenvalue weighted by molar-refractivity contribution is 6.31. The first-order chi connectivity index (χ1) is 9.49. The van der Waals surface area contributed by atoms with E-state index in [0.29, 0.717) is 16.5 Å². The Bertz CT molecular complexity index is 662. The molecule has 20 heavy (non-hydrogen) atoms. The van der Waals surface area contributed by atoms with E-state index < -0.39 is 4.92 Å². The summed E-state index contributed by atoms with van der Waals surface area (Å²) in [4.78, 5) is 14.4. The third kappa shape index (κ3) is 3.14. The number of nitrogen functional groups attached to an aromatic ring is 1. The fourth-order valence-electron chi connectivity index (χ4n) is 1.58. The molecule has 0 amide bonds. The minimum Gasteiger partial charge on any atom is -0.340 e. The second-order valence-electron chi connectivity index (χ2n) is 4.09. The number of nitrogens with zero attached hydrogens (tertiary/aromatic N) is 2.